The molecule has 0 spiro atoms. The maximum Gasteiger partial charge on any atom is 0.115 e. The summed E-state index contributed by atoms with van der Waals surface area (Å²) in [5.74, 6) is 0. The fourth-order valence-corrected chi connectivity index (χ4v) is 3.69. The van der Waals surface area contributed by atoms with Crippen molar-refractivity contribution >= 4 is 15.9 Å². The van der Waals surface area contributed by atoms with Crippen LogP contribution in [-0.4, -0.2) is 5.11 Å². The Kier molecular flexibility index (Phi) is 3.50. The summed E-state index contributed by atoms with van der Waals surface area (Å²) in [6.45, 7) is 6.59. The number of hydrogen-bond acceptors (Lipinski definition) is 1. The van der Waals surface area contributed by atoms with Crippen molar-refractivity contribution in [2.75, 3.05) is 0 Å². The molecule has 0 bridgehead atoms. The molecule has 1 atom stereocenters. The topological polar surface area (TPSA) is 20.2 Å². The van der Waals surface area contributed by atoms with Crippen molar-refractivity contribution in [1.82, 2.24) is 0 Å². The molecule has 0 aromatic heterocycles. The first-order chi connectivity index (χ1) is 9.83. The second kappa shape index (κ2) is 4.96. The molecule has 0 heterocycles. The normalized spacial score (nSPS) is 23.7. The van der Waals surface area contributed by atoms with Crippen molar-refractivity contribution in [3.63, 3.8) is 0 Å². The predicted molar refractivity (Wildman–Crippen MR) is 90.6 cm³/mol. The molecule has 1 aliphatic carbocycles. The summed E-state index contributed by atoms with van der Waals surface area (Å²) in [5.41, 5.74) is 3.72. The van der Waals surface area contributed by atoms with E-state index in [1.807, 2.05) is 6.07 Å². The van der Waals surface area contributed by atoms with Crippen molar-refractivity contribution < 1.29 is 5.11 Å². The zero-order valence-electron chi connectivity index (χ0n) is 12.8. The van der Waals surface area contributed by atoms with Crippen LogP contribution in [0.2, 0.25) is 0 Å². The highest BCUT2D eigenvalue weighted by molar-refractivity contribution is 9.10. The summed E-state index contributed by atoms with van der Waals surface area (Å²) in [6.07, 6.45) is 1.73. The third-order valence-corrected chi connectivity index (χ3v) is 5.29. The molecule has 1 N–H and O–H groups in total. The van der Waals surface area contributed by atoms with Gasteiger partial charge >= 0.3 is 0 Å². The van der Waals surface area contributed by atoms with Gasteiger partial charge in [0.1, 0.15) is 5.60 Å². The van der Waals surface area contributed by atoms with Gasteiger partial charge in [0.25, 0.3) is 0 Å². The van der Waals surface area contributed by atoms with Crippen LogP contribution in [0, 0.1) is 6.92 Å². The van der Waals surface area contributed by atoms with Gasteiger partial charge in [-0.2, -0.15) is 0 Å². The maximum absolute atomic E-state index is 11.4. The van der Waals surface area contributed by atoms with Gasteiger partial charge in [0.05, 0.1) is 0 Å². The molecule has 2 aromatic carbocycles. The monoisotopic (exact) mass is 344 g/mol. The molecule has 0 fully saturated rings. The molecule has 0 saturated heterocycles. The van der Waals surface area contributed by atoms with E-state index in [0.29, 0.717) is 0 Å². The summed E-state index contributed by atoms with van der Waals surface area (Å²) in [4.78, 5) is 0. The van der Waals surface area contributed by atoms with Gasteiger partial charge < -0.3 is 5.11 Å². The Bertz CT molecular complexity index is 672. The summed E-state index contributed by atoms with van der Waals surface area (Å²) in [5, 5.41) is 11.4. The lowest BCUT2D eigenvalue weighted by molar-refractivity contribution is 0.0496. The van der Waals surface area contributed by atoms with Gasteiger partial charge in [0.2, 0.25) is 0 Å². The molecule has 110 valence electrons. The van der Waals surface area contributed by atoms with Crippen LogP contribution in [0.1, 0.15) is 48.9 Å². The Morgan fingerprint density at radius 3 is 2.29 bits per heavy atom. The first-order valence-electron chi connectivity index (χ1n) is 7.43. The number of aliphatic hydroxyl groups is 1. The number of aryl methyl sites for hydroxylation is 1. The standard InChI is InChI=1S/C19H21BrO/c1-13-4-6-14(7-5-13)19(21)11-10-18(2,3)17-12-15(20)8-9-16(17)19/h4-9,12,21H,10-11H2,1-3H3/t19-/m0/s1. The van der Waals surface area contributed by atoms with Gasteiger partial charge in [-0.15, -0.1) is 0 Å². The van der Waals surface area contributed by atoms with Gasteiger partial charge in [-0.05, 0) is 54.0 Å². The second-order valence-electron chi connectivity index (χ2n) is 6.80. The Balaban J connectivity index is 2.20. The Labute approximate surface area is 135 Å². The first kappa shape index (κ1) is 14.8. The maximum atomic E-state index is 11.4. The molecule has 0 radical (unpaired) electrons. The summed E-state index contributed by atoms with van der Waals surface area (Å²) in [6, 6.07) is 14.5. The highest BCUT2D eigenvalue weighted by atomic mass is 79.9. The lowest BCUT2D eigenvalue weighted by atomic mass is 9.65. The SMILES string of the molecule is Cc1ccc([C@@]2(O)CCC(C)(C)c3cc(Br)ccc32)cc1. The number of halogens is 1. The third kappa shape index (κ3) is 2.45. The van der Waals surface area contributed by atoms with E-state index in [9.17, 15) is 5.11 Å². The summed E-state index contributed by atoms with van der Waals surface area (Å²) in [7, 11) is 0. The van der Waals surface area contributed by atoms with Crippen LogP contribution in [0.5, 0.6) is 0 Å². The van der Waals surface area contributed by atoms with E-state index < -0.39 is 5.60 Å². The molecule has 1 aliphatic rings. The minimum Gasteiger partial charge on any atom is -0.380 e. The quantitative estimate of drug-likeness (QED) is 0.766. The average molecular weight is 345 g/mol. The van der Waals surface area contributed by atoms with E-state index in [4.69, 9.17) is 0 Å². The minimum atomic E-state index is -0.876. The van der Waals surface area contributed by atoms with Gasteiger partial charge in [-0.25, -0.2) is 0 Å². The van der Waals surface area contributed by atoms with E-state index >= 15 is 0 Å². The minimum absolute atomic E-state index is 0.0933. The van der Waals surface area contributed by atoms with Crippen LogP contribution in [0.3, 0.4) is 0 Å². The Morgan fingerprint density at radius 1 is 0.952 bits per heavy atom. The van der Waals surface area contributed by atoms with Crippen LogP contribution in [0.25, 0.3) is 0 Å². The van der Waals surface area contributed by atoms with Crippen molar-refractivity contribution in [2.24, 2.45) is 0 Å². The van der Waals surface area contributed by atoms with Gasteiger partial charge in [0, 0.05) is 4.47 Å². The fraction of sp³-hybridized carbons (Fsp3) is 0.368. The van der Waals surface area contributed by atoms with E-state index in [-0.39, 0.29) is 5.41 Å². The Morgan fingerprint density at radius 2 is 1.62 bits per heavy atom. The van der Waals surface area contributed by atoms with Crippen LogP contribution >= 0.6 is 15.9 Å². The van der Waals surface area contributed by atoms with Gasteiger partial charge in [-0.1, -0.05) is 65.7 Å². The van der Waals surface area contributed by atoms with E-state index in [1.165, 1.54) is 11.1 Å². The first-order valence-corrected chi connectivity index (χ1v) is 8.22. The molecule has 0 saturated carbocycles. The summed E-state index contributed by atoms with van der Waals surface area (Å²) >= 11 is 3.56. The Hall–Kier alpha value is -1.12. The van der Waals surface area contributed by atoms with Crippen molar-refractivity contribution in [1.29, 1.82) is 0 Å². The van der Waals surface area contributed by atoms with E-state index in [0.717, 1.165) is 28.4 Å². The molecular formula is C19H21BrO. The molecule has 0 aliphatic heterocycles. The molecule has 2 heteroatoms. The molecular weight excluding hydrogens is 324 g/mol. The van der Waals surface area contributed by atoms with Gasteiger partial charge in [-0.3, -0.25) is 0 Å². The van der Waals surface area contributed by atoms with Crippen molar-refractivity contribution in [3.8, 4) is 0 Å². The molecule has 0 amide bonds. The average Bonchev–Trinajstić information content (AvgIpc) is 2.44. The highest BCUT2D eigenvalue weighted by Crippen LogP contribution is 2.48. The van der Waals surface area contributed by atoms with Crippen molar-refractivity contribution in [3.05, 3.63) is 69.2 Å². The number of benzene rings is 2. The summed E-state index contributed by atoms with van der Waals surface area (Å²) < 4.78 is 1.07. The largest absolute Gasteiger partial charge is 0.380 e. The fourth-order valence-electron chi connectivity index (χ4n) is 3.33. The van der Waals surface area contributed by atoms with Crippen LogP contribution < -0.4 is 0 Å². The number of rotatable bonds is 1. The number of fused-ring (bicyclic) bond motifs is 1. The molecule has 2 aromatic rings. The molecule has 1 nitrogen and oxygen atoms in total. The smallest absolute Gasteiger partial charge is 0.115 e. The molecule has 0 unspecified atom stereocenters. The molecule has 21 heavy (non-hydrogen) atoms. The predicted octanol–water partition coefficient (Wildman–Crippen LogP) is 5.06. The zero-order valence-corrected chi connectivity index (χ0v) is 14.4. The lowest BCUT2D eigenvalue weighted by Crippen LogP contribution is -2.38. The van der Waals surface area contributed by atoms with E-state index in [1.54, 1.807) is 0 Å². The van der Waals surface area contributed by atoms with E-state index in [2.05, 4.69) is 73.1 Å². The van der Waals surface area contributed by atoms with Crippen molar-refractivity contribution in [2.45, 2.75) is 44.6 Å². The second-order valence-corrected chi connectivity index (χ2v) is 7.72. The van der Waals surface area contributed by atoms with Crippen LogP contribution in [0.4, 0.5) is 0 Å². The number of hydrogen-bond donors (Lipinski definition) is 1. The van der Waals surface area contributed by atoms with Gasteiger partial charge in [0.15, 0.2) is 0 Å². The third-order valence-electron chi connectivity index (χ3n) is 4.80. The molecule has 3 rings (SSSR count). The lowest BCUT2D eigenvalue weighted by Gasteiger charge is -2.43. The highest BCUT2D eigenvalue weighted by Gasteiger charge is 2.42. The zero-order chi connectivity index (χ0) is 15.3. The van der Waals surface area contributed by atoms with Crippen LogP contribution in [-0.2, 0) is 11.0 Å². The van der Waals surface area contributed by atoms with Crippen LogP contribution in [0.15, 0.2) is 46.9 Å².